The number of halogens is 3. The average Bonchev–Trinajstić information content (AvgIpc) is 3.21. The first kappa shape index (κ1) is 20.5. The van der Waals surface area contributed by atoms with Crippen molar-refractivity contribution in [3.63, 3.8) is 0 Å². The van der Waals surface area contributed by atoms with Crippen molar-refractivity contribution in [3.8, 4) is 0 Å². The molecule has 0 aliphatic heterocycles. The number of nitrogens with zero attached hydrogens (tertiary/aromatic N) is 2. The molecular weight excluding hydrogens is 443 g/mol. The van der Waals surface area contributed by atoms with Crippen LogP contribution in [0.3, 0.4) is 0 Å². The summed E-state index contributed by atoms with van der Waals surface area (Å²) in [5.74, 6) is 0. The van der Waals surface area contributed by atoms with E-state index < -0.39 is 16.9 Å². The average molecular weight is 458 g/mol. The fraction of sp³-hybridized carbons (Fsp3) is 0.158. The molecule has 0 aliphatic carbocycles. The fourth-order valence-electron chi connectivity index (χ4n) is 2.48. The lowest BCUT2D eigenvalue weighted by atomic mass is 10.1. The Morgan fingerprint density at radius 2 is 1.56 bits per heavy atom. The lowest BCUT2D eigenvalue weighted by molar-refractivity contribution is 0.164. The molecule has 0 amide bonds. The van der Waals surface area contributed by atoms with Crippen LogP contribution in [0.1, 0.15) is 28.0 Å². The Morgan fingerprint density at radius 3 is 2.07 bits per heavy atom. The Kier molecular flexibility index (Phi) is 7.06. The van der Waals surface area contributed by atoms with Crippen molar-refractivity contribution < 1.29 is 4.74 Å². The van der Waals surface area contributed by atoms with E-state index >= 15 is 0 Å². The number of hydrogen-bond acceptors (Lipinski definition) is 4. The maximum atomic E-state index is 6.67. The van der Waals surface area contributed by atoms with Crippen molar-refractivity contribution >= 4 is 64.7 Å². The number of benzene rings is 2. The molecule has 0 spiro atoms. The van der Waals surface area contributed by atoms with Gasteiger partial charge in [0.25, 0.3) is 0 Å². The first-order valence-electron chi connectivity index (χ1n) is 7.96. The zero-order valence-corrected chi connectivity index (χ0v) is 17.9. The van der Waals surface area contributed by atoms with E-state index in [1.54, 1.807) is 47.6 Å². The molecule has 3 nitrogen and oxygen atoms in total. The van der Waals surface area contributed by atoms with Gasteiger partial charge in [0.2, 0.25) is 0 Å². The van der Waals surface area contributed by atoms with Crippen LogP contribution in [0, 0.1) is 0 Å². The second-order valence-corrected chi connectivity index (χ2v) is 7.98. The van der Waals surface area contributed by atoms with Gasteiger partial charge in [0, 0.05) is 22.4 Å². The van der Waals surface area contributed by atoms with E-state index in [-0.39, 0.29) is 0 Å². The summed E-state index contributed by atoms with van der Waals surface area (Å²) >= 11 is 28.7. The maximum absolute atomic E-state index is 6.67. The quantitative estimate of drug-likeness (QED) is 0.254. The largest absolute Gasteiger partial charge is 0.474 e. The van der Waals surface area contributed by atoms with Crippen LogP contribution in [0.25, 0.3) is 0 Å². The van der Waals surface area contributed by atoms with Crippen LogP contribution in [0.5, 0.6) is 0 Å². The van der Waals surface area contributed by atoms with E-state index in [9.17, 15) is 0 Å². The second-order valence-electron chi connectivity index (χ2n) is 5.75. The summed E-state index contributed by atoms with van der Waals surface area (Å²) in [6, 6.07) is 14.6. The topological polar surface area (TPSA) is 27.1 Å². The van der Waals surface area contributed by atoms with Gasteiger partial charge in [-0.2, -0.15) is 12.6 Å². The van der Waals surface area contributed by atoms with Crippen molar-refractivity contribution in [2.24, 2.45) is 0 Å². The van der Waals surface area contributed by atoms with Gasteiger partial charge in [-0.05, 0) is 47.6 Å². The molecule has 0 fully saturated rings. The molecule has 0 bridgehead atoms. The van der Waals surface area contributed by atoms with Gasteiger partial charge >= 0.3 is 0 Å². The summed E-state index contributed by atoms with van der Waals surface area (Å²) in [6.45, 7) is 0. The normalized spacial score (nSPS) is 14.4. The summed E-state index contributed by atoms with van der Waals surface area (Å²) in [4.78, 5) is 4.04. The monoisotopic (exact) mass is 456 g/mol. The molecule has 3 rings (SSSR count). The van der Waals surface area contributed by atoms with Crippen molar-refractivity contribution in [2.45, 2.75) is 16.9 Å². The number of imidazole rings is 1. The molecule has 1 aromatic heterocycles. The van der Waals surface area contributed by atoms with Crippen LogP contribution in [0.4, 0.5) is 0 Å². The maximum Gasteiger partial charge on any atom is 0.178 e. The number of ether oxygens (including phenoxy) is 1. The number of thiol groups is 1. The van der Waals surface area contributed by atoms with Gasteiger partial charge in [0.1, 0.15) is 5.50 Å². The number of alkyl halides is 1. The highest BCUT2D eigenvalue weighted by Crippen LogP contribution is 2.36. The van der Waals surface area contributed by atoms with Gasteiger partial charge < -0.3 is 9.30 Å². The zero-order valence-electron chi connectivity index (χ0n) is 13.9. The van der Waals surface area contributed by atoms with Crippen molar-refractivity contribution in [1.82, 2.24) is 9.55 Å². The summed E-state index contributed by atoms with van der Waals surface area (Å²) in [7, 11) is 0. The molecule has 3 unspecified atom stereocenters. The molecule has 0 saturated heterocycles. The zero-order chi connectivity index (χ0) is 19.4. The summed E-state index contributed by atoms with van der Waals surface area (Å²) < 4.78 is 7.86. The van der Waals surface area contributed by atoms with Crippen LogP contribution in [0.15, 0.2) is 67.3 Å². The predicted octanol–water partition coefficient (Wildman–Crippen LogP) is 6.68. The molecule has 1 heterocycles. The lowest BCUT2D eigenvalue weighted by Crippen LogP contribution is -2.20. The van der Waals surface area contributed by atoms with E-state index in [0.29, 0.717) is 15.1 Å². The van der Waals surface area contributed by atoms with Gasteiger partial charge in [-0.15, -0.1) is 0 Å². The van der Waals surface area contributed by atoms with E-state index in [0.717, 1.165) is 11.1 Å². The molecule has 140 valence electrons. The highest BCUT2D eigenvalue weighted by Gasteiger charge is 2.27. The molecule has 8 heteroatoms. The fourth-order valence-corrected chi connectivity index (χ4v) is 3.51. The number of aromatic nitrogens is 2. The van der Waals surface area contributed by atoms with E-state index in [1.165, 1.54) is 0 Å². The first-order chi connectivity index (χ1) is 13.0. The molecule has 0 aliphatic rings. The van der Waals surface area contributed by atoms with Crippen molar-refractivity contribution in [2.75, 3.05) is 0 Å². The third-order valence-corrected chi connectivity index (χ3v) is 5.91. The van der Waals surface area contributed by atoms with E-state index in [1.807, 2.05) is 24.3 Å². The molecule has 27 heavy (non-hydrogen) atoms. The van der Waals surface area contributed by atoms with Gasteiger partial charge in [0.15, 0.2) is 11.2 Å². The van der Waals surface area contributed by atoms with Crippen LogP contribution in [-0.4, -0.2) is 14.6 Å². The molecule has 0 radical (unpaired) electrons. The summed E-state index contributed by atoms with van der Waals surface area (Å²) in [5, 5.41) is 1.18. The first-order valence-corrected chi connectivity index (χ1v) is 10.1. The molecule has 0 saturated carbocycles. The Hall–Kier alpha value is -1.24. The van der Waals surface area contributed by atoms with E-state index in [4.69, 9.17) is 51.8 Å². The Morgan fingerprint density at radius 1 is 1.00 bits per heavy atom. The summed E-state index contributed by atoms with van der Waals surface area (Å²) in [5.41, 5.74) is 1.17. The van der Waals surface area contributed by atoms with Gasteiger partial charge in [-0.1, -0.05) is 59.1 Å². The minimum atomic E-state index is -0.558. The SMILES string of the molecule is S=C(OC(c1ccc(Cl)cc1)C(Cl)n1ccnc1)C(S)c1ccc(Cl)cc1. The van der Waals surface area contributed by atoms with Gasteiger partial charge in [-0.25, -0.2) is 4.98 Å². The Labute approximate surface area is 183 Å². The predicted molar refractivity (Wildman–Crippen MR) is 118 cm³/mol. The van der Waals surface area contributed by atoms with Crippen LogP contribution >= 0.6 is 59.6 Å². The molecule has 3 atom stereocenters. The summed E-state index contributed by atoms with van der Waals surface area (Å²) in [6.07, 6.45) is 4.50. The van der Waals surface area contributed by atoms with E-state index in [2.05, 4.69) is 17.6 Å². The highest BCUT2D eigenvalue weighted by molar-refractivity contribution is 7.86. The van der Waals surface area contributed by atoms with Crippen LogP contribution < -0.4 is 0 Å². The third-order valence-electron chi connectivity index (χ3n) is 3.91. The molecular formula is C19H15Cl3N2OS2. The van der Waals surface area contributed by atoms with Crippen LogP contribution in [-0.2, 0) is 4.74 Å². The highest BCUT2D eigenvalue weighted by atomic mass is 35.5. The van der Waals surface area contributed by atoms with Crippen molar-refractivity contribution in [1.29, 1.82) is 0 Å². The standard InChI is InChI=1S/C19H15Cl3N2OS2/c20-14-5-1-12(2-6-14)16(18(22)24-10-9-23-11-24)25-19(27)17(26)13-3-7-15(21)8-4-13/h1-11,16-18,26H. The lowest BCUT2D eigenvalue weighted by Gasteiger charge is -2.27. The number of rotatable bonds is 6. The van der Waals surface area contributed by atoms with Crippen LogP contribution in [0.2, 0.25) is 10.0 Å². The molecule has 0 N–H and O–H groups in total. The Bertz CT molecular complexity index is 886. The van der Waals surface area contributed by atoms with Gasteiger partial charge in [0.05, 0.1) is 11.6 Å². The van der Waals surface area contributed by atoms with Crippen molar-refractivity contribution in [3.05, 3.63) is 88.4 Å². The Balaban J connectivity index is 1.85. The number of thiocarbonyl (C=S) groups is 1. The molecule has 2 aromatic carbocycles. The minimum Gasteiger partial charge on any atom is -0.474 e. The van der Waals surface area contributed by atoms with Gasteiger partial charge in [-0.3, -0.25) is 0 Å². The number of hydrogen-bond donors (Lipinski definition) is 1. The third kappa shape index (κ3) is 5.18. The smallest absolute Gasteiger partial charge is 0.178 e. The second kappa shape index (κ2) is 9.30. The molecule has 3 aromatic rings. The minimum absolute atomic E-state index is 0.311.